The van der Waals surface area contributed by atoms with Crippen LogP contribution in [0.2, 0.25) is 0 Å². The molecule has 0 amide bonds. The predicted molar refractivity (Wildman–Crippen MR) is 140 cm³/mol. The zero-order valence-corrected chi connectivity index (χ0v) is 25.6. The van der Waals surface area contributed by atoms with Crippen molar-refractivity contribution in [2.45, 2.75) is 129 Å². The molecule has 14 nitrogen and oxygen atoms in total. The molecule has 1 aliphatic carbocycles. The molecule has 0 aromatic heterocycles. The molecular formula is C28H44O14. The molecule has 3 saturated heterocycles. The third kappa shape index (κ3) is 8.60. The molecule has 0 spiro atoms. The first kappa shape index (κ1) is 34.1. The Labute approximate surface area is 245 Å². The molecule has 1 N–H and O–H groups in total. The van der Waals surface area contributed by atoms with Gasteiger partial charge in [-0.25, -0.2) is 0 Å². The molecule has 14 heteroatoms. The number of carbonyl (C=O) groups excluding carboxylic acids is 4. The summed E-state index contributed by atoms with van der Waals surface area (Å²) in [6.45, 7) is 14.0. The van der Waals surface area contributed by atoms with Crippen molar-refractivity contribution >= 4 is 23.9 Å². The van der Waals surface area contributed by atoms with E-state index in [1.165, 1.54) is 20.8 Å². The first-order chi connectivity index (χ1) is 19.4. The van der Waals surface area contributed by atoms with E-state index in [2.05, 4.69) is 0 Å². The summed E-state index contributed by atoms with van der Waals surface area (Å²) in [5, 5.41) is 9.53. The fraction of sp³-hybridized carbons (Fsp3) is 0.857. The third-order valence-corrected chi connectivity index (χ3v) is 7.29. The van der Waals surface area contributed by atoms with Crippen LogP contribution in [0.4, 0.5) is 0 Å². The van der Waals surface area contributed by atoms with Gasteiger partial charge in [-0.05, 0) is 34.1 Å². The van der Waals surface area contributed by atoms with Gasteiger partial charge in [0.1, 0.15) is 31.0 Å². The lowest BCUT2D eigenvalue weighted by Gasteiger charge is -2.43. The van der Waals surface area contributed by atoms with Crippen LogP contribution in [0.25, 0.3) is 0 Å². The van der Waals surface area contributed by atoms with Gasteiger partial charge in [0.25, 0.3) is 0 Å². The van der Waals surface area contributed by atoms with Crippen LogP contribution >= 0.6 is 0 Å². The van der Waals surface area contributed by atoms with Crippen molar-refractivity contribution in [3.8, 4) is 0 Å². The number of aliphatic hydroxyl groups excluding tert-OH is 1. The summed E-state index contributed by atoms with van der Waals surface area (Å²) in [4.78, 5) is 45.0. The van der Waals surface area contributed by atoms with E-state index < -0.39 is 66.0 Å². The molecule has 10 atom stereocenters. The van der Waals surface area contributed by atoms with Crippen molar-refractivity contribution in [3.05, 3.63) is 0 Å². The molecule has 0 bridgehead atoms. The maximum Gasteiger partial charge on any atom is 0.305 e. The van der Waals surface area contributed by atoms with Crippen molar-refractivity contribution in [3.63, 3.8) is 0 Å². The van der Waals surface area contributed by atoms with Gasteiger partial charge in [-0.1, -0.05) is 6.92 Å². The molecule has 4 aliphatic rings. The third-order valence-electron chi connectivity index (χ3n) is 7.29. The first-order valence-corrected chi connectivity index (χ1v) is 14.1. The molecule has 4 rings (SSSR count). The van der Waals surface area contributed by atoms with E-state index in [0.29, 0.717) is 0 Å². The Balaban J connectivity index is 0.000000238. The van der Waals surface area contributed by atoms with Crippen LogP contribution in [-0.4, -0.2) is 103 Å². The number of hydrogen-bond acceptors (Lipinski definition) is 14. The maximum atomic E-state index is 11.4. The van der Waals surface area contributed by atoms with Gasteiger partial charge in [0.2, 0.25) is 12.4 Å². The molecule has 3 aliphatic heterocycles. The Hall–Kier alpha value is -2.36. The van der Waals surface area contributed by atoms with Gasteiger partial charge in [-0.15, -0.1) is 0 Å². The van der Waals surface area contributed by atoms with Gasteiger partial charge in [0.15, 0.2) is 11.6 Å². The first-order valence-electron chi connectivity index (χ1n) is 14.1. The van der Waals surface area contributed by atoms with Gasteiger partial charge in [0.05, 0.1) is 12.2 Å². The average Bonchev–Trinajstić information content (AvgIpc) is 3.34. The van der Waals surface area contributed by atoms with Crippen LogP contribution in [0.1, 0.15) is 68.7 Å². The summed E-state index contributed by atoms with van der Waals surface area (Å²) in [7, 11) is 0. The highest BCUT2D eigenvalue weighted by Gasteiger charge is 2.59. The molecule has 4 fully saturated rings. The minimum absolute atomic E-state index is 0.0177. The van der Waals surface area contributed by atoms with Crippen LogP contribution < -0.4 is 0 Å². The van der Waals surface area contributed by atoms with Crippen LogP contribution in [0.5, 0.6) is 0 Å². The Morgan fingerprint density at radius 2 is 1.26 bits per heavy atom. The summed E-state index contributed by atoms with van der Waals surface area (Å²) >= 11 is 0. The number of esters is 4. The van der Waals surface area contributed by atoms with Gasteiger partial charge in [-0.2, -0.15) is 0 Å². The van der Waals surface area contributed by atoms with E-state index >= 15 is 0 Å². The standard InChI is InChI=1S/C15H22O9.C13H22O5/c1-7-12(6-20-8(2)16)24-15(23-11(5)19)14(22-10(4)18)13(7)21-9(3)17;1-12(2)15-8-5-7(6-14)9-11(10(8)17-12)18-13(3,4)16-9/h7,12-15H,6H2,1-5H3;7-11,14H,5-6H2,1-4H3/t7-,12+,13-,14+,15?;7-,8?,9+,10+,11?/m10/s1. The fourth-order valence-corrected chi connectivity index (χ4v) is 5.74. The lowest BCUT2D eigenvalue weighted by Crippen LogP contribution is -2.58. The lowest BCUT2D eigenvalue weighted by molar-refractivity contribution is -0.286. The normalized spacial score (nSPS) is 37.7. The molecule has 3 heterocycles. The minimum atomic E-state index is -1.28. The van der Waals surface area contributed by atoms with E-state index in [1.54, 1.807) is 6.92 Å². The molecule has 42 heavy (non-hydrogen) atoms. The van der Waals surface area contributed by atoms with Crippen LogP contribution in [0, 0.1) is 11.8 Å². The summed E-state index contributed by atoms with van der Waals surface area (Å²) in [6, 6.07) is 0. The zero-order valence-electron chi connectivity index (χ0n) is 25.6. The van der Waals surface area contributed by atoms with Crippen molar-refractivity contribution in [2.75, 3.05) is 13.2 Å². The van der Waals surface area contributed by atoms with Crippen molar-refractivity contribution in [1.29, 1.82) is 0 Å². The molecule has 1 saturated carbocycles. The van der Waals surface area contributed by atoms with Crippen molar-refractivity contribution < 1.29 is 66.9 Å². The second-order valence-electron chi connectivity index (χ2n) is 11.8. The van der Waals surface area contributed by atoms with E-state index in [0.717, 1.165) is 13.3 Å². The Morgan fingerprint density at radius 1 is 0.738 bits per heavy atom. The van der Waals surface area contributed by atoms with E-state index in [-0.39, 0.29) is 43.5 Å². The second-order valence-corrected chi connectivity index (χ2v) is 11.8. The number of carbonyl (C=O) groups is 4. The second kappa shape index (κ2) is 13.5. The highest BCUT2D eigenvalue weighted by atomic mass is 16.8. The Kier molecular flexibility index (Phi) is 11.0. The largest absolute Gasteiger partial charge is 0.463 e. The van der Waals surface area contributed by atoms with Crippen LogP contribution in [0.3, 0.4) is 0 Å². The van der Waals surface area contributed by atoms with Crippen LogP contribution in [0.15, 0.2) is 0 Å². The van der Waals surface area contributed by atoms with E-state index in [1.807, 2.05) is 27.7 Å². The summed E-state index contributed by atoms with van der Waals surface area (Å²) in [6.07, 6.45) is -3.68. The van der Waals surface area contributed by atoms with Gasteiger partial charge >= 0.3 is 23.9 Å². The predicted octanol–water partition coefficient (Wildman–Crippen LogP) is 1.38. The Bertz CT molecular complexity index is 995. The molecule has 240 valence electrons. The Morgan fingerprint density at radius 3 is 1.81 bits per heavy atom. The van der Waals surface area contributed by atoms with Crippen LogP contribution in [-0.2, 0) is 61.8 Å². The monoisotopic (exact) mass is 604 g/mol. The molecule has 0 radical (unpaired) electrons. The highest BCUT2D eigenvalue weighted by Crippen LogP contribution is 2.46. The molecule has 0 aromatic rings. The summed E-state index contributed by atoms with van der Waals surface area (Å²) in [5.74, 6) is -4.06. The maximum absolute atomic E-state index is 11.4. The highest BCUT2D eigenvalue weighted by molar-refractivity contribution is 5.68. The van der Waals surface area contributed by atoms with E-state index in [9.17, 15) is 24.3 Å². The SMILES string of the molecule is CC(=O)OC[C@@H]1OC(OC(C)=O)[C@@H](OC(C)=O)[C@H](OC(C)=O)[C@@H]1C.CC1(C)OC2C[C@@H](CO)[C@H]3OC(C)(C)OC3[C@@H]2O1. The number of fused-ring (bicyclic) bond motifs is 3. The number of hydrogen-bond donors (Lipinski definition) is 1. The topological polar surface area (TPSA) is 172 Å². The molecule has 0 aromatic carbocycles. The summed E-state index contributed by atoms with van der Waals surface area (Å²) < 4.78 is 49.6. The average molecular weight is 605 g/mol. The zero-order chi connectivity index (χ0) is 31.6. The number of aliphatic hydroxyl groups is 1. The number of ether oxygens (including phenoxy) is 9. The smallest absolute Gasteiger partial charge is 0.305 e. The van der Waals surface area contributed by atoms with E-state index in [4.69, 9.17) is 42.6 Å². The quantitative estimate of drug-likeness (QED) is 0.340. The molecular weight excluding hydrogens is 560 g/mol. The van der Waals surface area contributed by atoms with Crippen molar-refractivity contribution in [1.82, 2.24) is 0 Å². The van der Waals surface area contributed by atoms with Crippen molar-refractivity contribution in [2.24, 2.45) is 11.8 Å². The van der Waals surface area contributed by atoms with Gasteiger partial charge in [-0.3, -0.25) is 19.2 Å². The minimum Gasteiger partial charge on any atom is -0.463 e. The lowest BCUT2D eigenvalue weighted by atomic mass is 9.81. The molecule has 3 unspecified atom stereocenters. The van der Waals surface area contributed by atoms with Gasteiger partial charge < -0.3 is 47.7 Å². The fourth-order valence-electron chi connectivity index (χ4n) is 5.74. The van der Waals surface area contributed by atoms with Gasteiger partial charge in [0, 0.05) is 46.1 Å². The number of rotatable bonds is 6. The summed E-state index contributed by atoms with van der Waals surface area (Å²) in [5.41, 5.74) is 0.